The Morgan fingerprint density at radius 1 is 1.00 bits per heavy atom. The molecule has 6 nitrogen and oxygen atoms in total. The summed E-state index contributed by atoms with van der Waals surface area (Å²) in [5.74, 6) is 2.19. The third-order valence-corrected chi connectivity index (χ3v) is 6.65. The quantitative estimate of drug-likeness (QED) is 0.251. The molecule has 0 bridgehead atoms. The van der Waals surface area contributed by atoms with Crippen LogP contribution in [0.15, 0.2) is 65.8 Å². The lowest BCUT2D eigenvalue weighted by Gasteiger charge is -2.23. The minimum atomic E-state index is -0.511. The Bertz CT molecular complexity index is 1280. The monoisotopic (exact) mass is 458 g/mol. The molecule has 33 heavy (non-hydrogen) atoms. The Kier molecular flexibility index (Phi) is 6.30. The first-order chi connectivity index (χ1) is 16.3. The predicted octanol–water partition coefficient (Wildman–Crippen LogP) is 6.49. The molecule has 1 aliphatic heterocycles. The van der Waals surface area contributed by atoms with E-state index in [0.29, 0.717) is 16.7 Å². The molecule has 1 atom stereocenters. The lowest BCUT2D eigenvalue weighted by atomic mass is 10.0. The van der Waals surface area contributed by atoms with Gasteiger partial charge in [-0.25, -0.2) is 0 Å². The third kappa shape index (κ3) is 4.33. The summed E-state index contributed by atoms with van der Waals surface area (Å²) in [5.41, 5.74) is 3.39. The number of hydrogen-bond acceptors (Lipinski definition) is 7. The van der Waals surface area contributed by atoms with Crippen molar-refractivity contribution in [3.8, 4) is 22.9 Å². The van der Waals surface area contributed by atoms with E-state index in [2.05, 4.69) is 40.6 Å². The fraction of sp³-hybridized carbons (Fsp3) is 0.269. The van der Waals surface area contributed by atoms with Crippen LogP contribution in [-0.2, 0) is 0 Å². The van der Waals surface area contributed by atoms with Crippen LogP contribution in [0.4, 0.5) is 5.69 Å². The van der Waals surface area contributed by atoms with Crippen LogP contribution >= 0.6 is 11.8 Å². The number of unbranched alkanes of at least 4 members (excludes halogenated alkanes) is 2. The van der Waals surface area contributed by atoms with Gasteiger partial charge < -0.3 is 14.8 Å². The molecular weight excluding hydrogens is 432 g/mol. The van der Waals surface area contributed by atoms with Crippen molar-refractivity contribution in [1.82, 2.24) is 15.2 Å². The van der Waals surface area contributed by atoms with E-state index in [1.807, 2.05) is 42.5 Å². The largest absolute Gasteiger partial charge is 0.496 e. The van der Waals surface area contributed by atoms with Gasteiger partial charge in [0.2, 0.25) is 17.3 Å². The van der Waals surface area contributed by atoms with Gasteiger partial charge in [-0.05, 0) is 29.3 Å². The number of nitrogens with zero attached hydrogens (tertiary/aromatic N) is 3. The summed E-state index contributed by atoms with van der Waals surface area (Å²) in [6.07, 6.45) is 3.00. The highest BCUT2D eigenvalue weighted by Crippen LogP contribution is 2.43. The molecular formula is C26H26N4O2S. The van der Waals surface area contributed by atoms with Crippen LogP contribution in [0.2, 0.25) is 0 Å². The third-order valence-electron chi connectivity index (χ3n) is 5.73. The highest BCUT2D eigenvalue weighted by atomic mass is 32.2. The van der Waals surface area contributed by atoms with Gasteiger partial charge in [0.25, 0.3) is 0 Å². The lowest BCUT2D eigenvalue weighted by molar-refractivity contribution is 0.221. The topological polar surface area (TPSA) is 69.2 Å². The highest BCUT2D eigenvalue weighted by Gasteiger charge is 2.29. The summed E-state index contributed by atoms with van der Waals surface area (Å²) < 4.78 is 12.3. The molecule has 0 fully saturated rings. The molecule has 3 aromatic carbocycles. The van der Waals surface area contributed by atoms with Crippen molar-refractivity contribution in [2.45, 2.75) is 37.6 Å². The number of rotatable bonds is 7. The molecule has 0 unspecified atom stereocenters. The van der Waals surface area contributed by atoms with Crippen molar-refractivity contribution in [1.29, 1.82) is 0 Å². The number of para-hydroxylation sites is 1. The van der Waals surface area contributed by atoms with Crippen LogP contribution in [0.1, 0.15) is 38.0 Å². The second kappa shape index (κ2) is 9.67. The van der Waals surface area contributed by atoms with Crippen molar-refractivity contribution >= 4 is 28.2 Å². The van der Waals surface area contributed by atoms with Crippen molar-refractivity contribution in [3.63, 3.8) is 0 Å². The van der Waals surface area contributed by atoms with Crippen molar-refractivity contribution < 1.29 is 9.47 Å². The van der Waals surface area contributed by atoms with Crippen LogP contribution in [0, 0.1) is 0 Å². The van der Waals surface area contributed by atoms with E-state index in [-0.39, 0.29) is 0 Å². The number of anilines is 1. The van der Waals surface area contributed by atoms with Gasteiger partial charge in [-0.1, -0.05) is 80.1 Å². The molecule has 0 saturated heterocycles. The first-order valence-electron chi connectivity index (χ1n) is 11.2. The van der Waals surface area contributed by atoms with E-state index in [4.69, 9.17) is 14.5 Å². The van der Waals surface area contributed by atoms with E-state index in [0.717, 1.165) is 45.5 Å². The van der Waals surface area contributed by atoms with E-state index in [1.165, 1.54) is 12.8 Å². The number of fused-ring (bicyclic) bond motifs is 4. The Balaban J connectivity index is 1.60. The van der Waals surface area contributed by atoms with E-state index < -0.39 is 6.23 Å². The fourth-order valence-electron chi connectivity index (χ4n) is 4.08. The first-order valence-corrected chi connectivity index (χ1v) is 12.2. The summed E-state index contributed by atoms with van der Waals surface area (Å²) in [6.45, 7) is 2.20. The molecule has 1 aromatic heterocycles. The van der Waals surface area contributed by atoms with Crippen LogP contribution in [0.25, 0.3) is 22.0 Å². The first kappa shape index (κ1) is 21.5. The van der Waals surface area contributed by atoms with Gasteiger partial charge in [0.1, 0.15) is 5.75 Å². The molecule has 0 spiro atoms. The zero-order valence-corrected chi connectivity index (χ0v) is 19.6. The van der Waals surface area contributed by atoms with E-state index >= 15 is 0 Å². The zero-order chi connectivity index (χ0) is 22.6. The number of ether oxygens (including phenoxy) is 2. The Morgan fingerprint density at radius 3 is 2.73 bits per heavy atom. The summed E-state index contributed by atoms with van der Waals surface area (Å²) in [6, 6.07) is 20.3. The highest BCUT2D eigenvalue weighted by molar-refractivity contribution is 7.99. The molecule has 168 valence electrons. The second-order valence-corrected chi connectivity index (χ2v) is 8.96. The minimum absolute atomic E-state index is 0.473. The van der Waals surface area contributed by atoms with Crippen molar-refractivity contribution in [2.24, 2.45) is 0 Å². The molecule has 2 heterocycles. The molecule has 0 aliphatic carbocycles. The van der Waals surface area contributed by atoms with Crippen molar-refractivity contribution in [3.05, 3.63) is 66.2 Å². The molecule has 0 amide bonds. The van der Waals surface area contributed by atoms with Crippen LogP contribution in [0.5, 0.6) is 11.6 Å². The van der Waals surface area contributed by atoms with E-state index in [1.54, 1.807) is 18.9 Å². The molecule has 7 heteroatoms. The average molecular weight is 459 g/mol. The summed E-state index contributed by atoms with van der Waals surface area (Å²) in [4.78, 5) is 4.77. The Labute approximate surface area is 197 Å². The summed E-state index contributed by atoms with van der Waals surface area (Å²) >= 11 is 1.62. The maximum atomic E-state index is 6.53. The van der Waals surface area contributed by atoms with Crippen LogP contribution < -0.4 is 14.8 Å². The number of nitrogens with one attached hydrogen (secondary N) is 1. The van der Waals surface area contributed by atoms with Gasteiger partial charge in [-0.3, -0.25) is 0 Å². The van der Waals surface area contributed by atoms with Gasteiger partial charge >= 0.3 is 0 Å². The smallest absolute Gasteiger partial charge is 0.247 e. The van der Waals surface area contributed by atoms with Crippen LogP contribution in [-0.4, -0.2) is 28.0 Å². The summed E-state index contributed by atoms with van der Waals surface area (Å²) in [5, 5.41) is 15.3. The molecule has 1 N–H and O–H groups in total. The number of aromatic nitrogens is 3. The maximum absolute atomic E-state index is 6.53. The standard InChI is InChI=1S/C26H26N4O2S/c1-3-4-9-16-33-26-28-25-23(29-30-26)19-12-7-8-13-20(19)27-24(32-25)22-18-11-6-5-10-17(18)14-15-21(22)31-2/h5-8,10-15,24,27H,3-4,9,16H2,1-2H3/t24-/m0/s1. The van der Waals surface area contributed by atoms with Gasteiger partial charge in [-0.2, -0.15) is 4.98 Å². The lowest BCUT2D eigenvalue weighted by Crippen LogP contribution is -2.18. The normalized spacial score (nSPS) is 14.5. The maximum Gasteiger partial charge on any atom is 0.247 e. The Morgan fingerprint density at radius 2 is 1.85 bits per heavy atom. The number of thioether (sulfide) groups is 1. The molecule has 0 radical (unpaired) electrons. The SMILES string of the molecule is CCCCCSc1nnc2c(n1)O[C@@H](c1c(OC)ccc3ccccc13)Nc1ccccc1-2. The fourth-order valence-corrected chi connectivity index (χ4v) is 4.86. The zero-order valence-electron chi connectivity index (χ0n) is 18.7. The molecule has 0 saturated carbocycles. The second-order valence-electron chi connectivity index (χ2n) is 7.89. The number of benzene rings is 3. The van der Waals surface area contributed by atoms with Crippen LogP contribution in [0.3, 0.4) is 0 Å². The molecule has 5 rings (SSSR count). The van der Waals surface area contributed by atoms with Gasteiger partial charge in [0, 0.05) is 17.0 Å². The van der Waals surface area contributed by atoms with Crippen molar-refractivity contribution in [2.75, 3.05) is 18.2 Å². The predicted molar refractivity (Wildman–Crippen MR) is 133 cm³/mol. The van der Waals surface area contributed by atoms with E-state index in [9.17, 15) is 0 Å². The Hall–Kier alpha value is -3.32. The molecule has 4 aromatic rings. The number of hydrogen-bond donors (Lipinski definition) is 1. The molecule has 1 aliphatic rings. The van der Waals surface area contributed by atoms with Gasteiger partial charge in [0.05, 0.1) is 12.7 Å². The number of methoxy groups -OCH3 is 1. The van der Waals surface area contributed by atoms with Gasteiger partial charge in [-0.15, -0.1) is 10.2 Å². The minimum Gasteiger partial charge on any atom is -0.496 e. The average Bonchev–Trinajstić information content (AvgIpc) is 3.02. The summed E-state index contributed by atoms with van der Waals surface area (Å²) in [7, 11) is 1.68. The van der Waals surface area contributed by atoms with Gasteiger partial charge in [0.15, 0.2) is 5.69 Å².